The molecule has 1 atom stereocenters. The van der Waals surface area contributed by atoms with Gasteiger partial charge in [-0.05, 0) is 85.3 Å². The van der Waals surface area contributed by atoms with Crippen LogP contribution in [0.25, 0.3) is 0 Å². The topological polar surface area (TPSA) is 46.6 Å². The summed E-state index contributed by atoms with van der Waals surface area (Å²) in [5, 5.41) is -0.252. The summed E-state index contributed by atoms with van der Waals surface area (Å²) in [5.41, 5.74) is 5.04. The van der Waals surface area contributed by atoms with E-state index in [2.05, 4.69) is 30.1 Å². The number of ether oxygens (including phenoxy) is 1. The quantitative estimate of drug-likeness (QED) is 0.729. The fraction of sp³-hybridized carbons (Fsp3) is 0.391. The highest BCUT2D eigenvalue weighted by molar-refractivity contribution is 8.27. The predicted octanol–water partition coefficient (Wildman–Crippen LogP) is 4.32. The van der Waals surface area contributed by atoms with E-state index in [-0.39, 0.29) is 10.2 Å². The number of likely N-dealkylation sites (N-methyl/N-ethyl adjacent to an activating group) is 1. The second-order valence-electron chi connectivity index (χ2n) is 7.69. The van der Waals surface area contributed by atoms with E-state index in [0.717, 1.165) is 49.0 Å². The Bertz CT molecular complexity index is 924. The minimum atomic E-state index is -0.130. The van der Waals surface area contributed by atoms with Crippen molar-refractivity contribution < 1.29 is 14.3 Å². The van der Waals surface area contributed by atoms with Crippen molar-refractivity contribution in [3.63, 3.8) is 0 Å². The lowest BCUT2D eigenvalue weighted by Crippen LogP contribution is -2.28. The molecule has 5 heteroatoms. The van der Waals surface area contributed by atoms with E-state index < -0.39 is 0 Å². The number of hydrogen-bond donors (Lipinski definition) is 0. The number of methoxy groups -OCH3 is 1. The summed E-state index contributed by atoms with van der Waals surface area (Å²) in [6, 6.07) is 12.1. The maximum atomic E-state index is 11.9. The fourth-order valence-corrected chi connectivity index (χ4v) is 5.10. The molecule has 4 nitrogen and oxygen atoms in total. The standard InChI is InChI=1S/C23H25NO3S/c1-24(12-11-15-9-10-19-20(13-15)23(26)28-22(19)25)14-16-5-3-7-18-17(16)6-4-8-21(18)27-2/h4,6,8-10,13,16H,3,5,7,11-12,14H2,1-2H3. The highest BCUT2D eigenvalue weighted by Crippen LogP contribution is 2.37. The number of nitrogens with zero attached hydrogens (tertiary/aromatic N) is 1. The molecular weight excluding hydrogens is 370 g/mol. The van der Waals surface area contributed by atoms with E-state index in [1.54, 1.807) is 13.2 Å². The Balaban J connectivity index is 1.40. The molecule has 0 fully saturated rings. The van der Waals surface area contributed by atoms with Crippen LogP contribution in [0.1, 0.15) is 56.2 Å². The third kappa shape index (κ3) is 3.74. The van der Waals surface area contributed by atoms with Crippen molar-refractivity contribution in [2.24, 2.45) is 0 Å². The minimum Gasteiger partial charge on any atom is -0.496 e. The Labute approximate surface area is 170 Å². The molecule has 2 aliphatic rings. The predicted molar refractivity (Wildman–Crippen MR) is 113 cm³/mol. The third-order valence-electron chi connectivity index (χ3n) is 5.83. The molecule has 28 heavy (non-hydrogen) atoms. The van der Waals surface area contributed by atoms with Crippen molar-refractivity contribution in [3.8, 4) is 5.75 Å². The number of fused-ring (bicyclic) bond motifs is 2. The summed E-state index contributed by atoms with van der Waals surface area (Å²) >= 11 is 0.804. The number of thioether (sulfide) groups is 1. The molecule has 2 aromatic rings. The van der Waals surface area contributed by atoms with Crippen LogP contribution in [0.3, 0.4) is 0 Å². The van der Waals surface area contributed by atoms with E-state index in [9.17, 15) is 9.59 Å². The van der Waals surface area contributed by atoms with E-state index in [4.69, 9.17) is 4.74 Å². The monoisotopic (exact) mass is 395 g/mol. The molecule has 1 unspecified atom stereocenters. The molecule has 1 heterocycles. The summed E-state index contributed by atoms with van der Waals surface area (Å²) in [7, 11) is 3.91. The number of benzene rings is 2. The molecule has 1 aliphatic heterocycles. The maximum absolute atomic E-state index is 11.9. The van der Waals surface area contributed by atoms with E-state index >= 15 is 0 Å². The summed E-state index contributed by atoms with van der Waals surface area (Å²) < 4.78 is 5.56. The molecule has 146 valence electrons. The van der Waals surface area contributed by atoms with Gasteiger partial charge in [-0.1, -0.05) is 18.2 Å². The minimum absolute atomic E-state index is 0.122. The second kappa shape index (κ2) is 8.10. The van der Waals surface area contributed by atoms with Crippen LogP contribution in [0.5, 0.6) is 5.75 Å². The first-order chi connectivity index (χ1) is 13.6. The van der Waals surface area contributed by atoms with Gasteiger partial charge in [-0.25, -0.2) is 0 Å². The molecular formula is C23H25NO3S. The Kier molecular flexibility index (Phi) is 5.56. The Hall–Kier alpha value is -2.11. The Morgan fingerprint density at radius 2 is 1.96 bits per heavy atom. The Morgan fingerprint density at radius 3 is 2.79 bits per heavy atom. The molecule has 0 N–H and O–H groups in total. The lowest BCUT2D eigenvalue weighted by Gasteiger charge is -2.30. The first-order valence-electron chi connectivity index (χ1n) is 9.80. The van der Waals surface area contributed by atoms with E-state index in [0.29, 0.717) is 17.0 Å². The zero-order valence-electron chi connectivity index (χ0n) is 16.4. The zero-order chi connectivity index (χ0) is 19.7. The van der Waals surface area contributed by atoms with Gasteiger partial charge in [-0.3, -0.25) is 9.59 Å². The van der Waals surface area contributed by atoms with E-state index in [1.807, 2.05) is 12.1 Å². The first kappa shape index (κ1) is 19.2. The lowest BCUT2D eigenvalue weighted by atomic mass is 9.82. The van der Waals surface area contributed by atoms with Crippen LogP contribution >= 0.6 is 11.8 Å². The summed E-state index contributed by atoms with van der Waals surface area (Å²) in [5.74, 6) is 1.54. The van der Waals surface area contributed by atoms with Gasteiger partial charge in [-0.2, -0.15) is 0 Å². The maximum Gasteiger partial charge on any atom is 0.227 e. The zero-order valence-corrected chi connectivity index (χ0v) is 17.2. The number of hydrogen-bond acceptors (Lipinski definition) is 5. The van der Waals surface area contributed by atoms with Crippen molar-refractivity contribution in [2.45, 2.75) is 31.6 Å². The summed E-state index contributed by atoms with van der Waals surface area (Å²) in [4.78, 5) is 26.0. The highest BCUT2D eigenvalue weighted by atomic mass is 32.2. The Morgan fingerprint density at radius 1 is 1.14 bits per heavy atom. The molecule has 0 amide bonds. The van der Waals surface area contributed by atoms with Crippen molar-refractivity contribution in [3.05, 3.63) is 64.2 Å². The van der Waals surface area contributed by atoms with Crippen LogP contribution in [0.4, 0.5) is 0 Å². The number of carbonyl (C=O) groups is 2. The molecule has 0 radical (unpaired) electrons. The van der Waals surface area contributed by atoms with Gasteiger partial charge >= 0.3 is 0 Å². The summed E-state index contributed by atoms with van der Waals surface area (Å²) in [6.07, 6.45) is 4.37. The molecule has 4 rings (SSSR count). The van der Waals surface area contributed by atoms with Crippen LogP contribution in [-0.4, -0.2) is 42.4 Å². The van der Waals surface area contributed by atoms with Gasteiger partial charge < -0.3 is 9.64 Å². The average molecular weight is 396 g/mol. The smallest absolute Gasteiger partial charge is 0.227 e. The molecule has 0 saturated heterocycles. The summed E-state index contributed by atoms with van der Waals surface area (Å²) in [6.45, 7) is 1.93. The molecule has 0 bridgehead atoms. The van der Waals surface area contributed by atoms with Crippen LogP contribution in [0, 0.1) is 0 Å². The molecule has 0 aromatic heterocycles. The molecule has 0 spiro atoms. The van der Waals surface area contributed by atoms with Gasteiger partial charge in [0.1, 0.15) is 5.75 Å². The highest BCUT2D eigenvalue weighted by Gasteiger charge is 2.28. The first-order valence-corrected chi connectivity index (χ1v) is 10.6. The van der Waals surface area contributed by atoms with Crippen molar-refractivity contribution in [1.82, 2.24) is 4.90 Å². The van der Waals surface area contributed by atoms with Crippen molar-refractivity contribution in [2.75, 3.05) is 27.2 Å². The third-order valence-corrected chi connectivity index (χ3v) is 6.64. The van der Waals surface area contributed by atoms with Crippen LogP contribution in [0.2, 0.25) is 0 Å². The molecule has 0 saturated carbocycles. The normalized spacial score (nSPS) is 18.3. The fourth-order valence-electron chi connectivity index (χ4n) is 4.37. The van der Waals surface area contributed by atoms with Gasteiger partial charge in [0.15, 0.2) is 0 Å². The van der Waals surface area contributed by atoms with Crippen LogP contribution in [0.15, 0.2) is 36.4 Å². The van der Waals surface area contributed by atoms with Gasteiger partial charge in [0.2, 0.25) is 10.2 Å². The molecule has 2 aromatic carbocycles. The van der Waals surface area contributed by atoms with Crippen molar-refractivity contribution in [1.29, 1.82) is 0 Å². The van der Waals surface area contributed by atoms with E-state index in [1.165, 1.54) is 24.0 Å². The van der Waals surface area contributed by atoms with Gasteiger partial charge in [-0.15, -0.1) is 0 Å². The number of carbonyl (C=O) groups excluding carboxylic acids is 2. The second-order valence-corrected chi connectivity index (χ2v) is 8.63. The van der Waals surface area contributed by atoms with Crippen LogP contribution < -0.4 is 4.74 Å². The average Bonchev–Trinajstić information content (AvgIpc) is 2.99. The van der Waals surface area contributed by atoms with Gasteiger partial charge in [0, 0.05) is 24.2 Å². The largest absolute Gasteiger partial charge is 0.496 e. The van der Waals surface area contributed by atoms with Crippen LogP contribution in [-0.2, 0) is 12.8 Å². The lowest BCUT2D eigenvalue weighted by molar-refractivity contribution is 0.108. The number of rotatable bonds is 6. The SMILES string of the molecule is COc1cccc2c1CCCC2CN(C)CCc1ccc2c(c1)C(=O)SC2=O. The molecule has 1 aliphatic carbocycles. The van der Waals surface area contributed by atoms with Crippen molar-refractivity contribution >= 4 is 22.0 Å². The van der Waals surface area contributed by atoms with Gasteiger partial charge in [0.05, 0.1) is 7.11 Å². The van der Waals surface area contributed by atoms with Gasteiger partial charge in [0.25, 0.3) is 0 Å².